The zero-order valence-corrected chi connectivity index (χ0v) is 16.4. The van der Waals surface area contributed by atoms with Gasteiger partial charge in [-0.1, -0.05) is 23.7 Å². The average molecular weight is 398 g/mol. The molecule has 1 aliphatic heterocycles. The van der Waals surface area contributed by atoms with Crippen LogP contribution in [0.5, 0.6) is 5.75 Å². The van der Waals surface area contributed by atoms with Gasteiger partial charge in [-0.2, -0.15) is 0 Å². The van der Waals surface area contributed by atoms with Crippen LogP contribution >= 0.6 is 11.6 Å². The monoisotopic (exact) mass is 397 g/mol. The van der Waals surface area contributed by atoms with Crippen LogP contribution in [0.2, 0.25) is 5.02 Å². The molecular weight excluding hydrogens is 378 g/mol. The first-order chi connectivity index (χ1) is 13.4. The Morgan fingerprint density at radius 1 is 1.32 bits per heavy atom. The Morgan fingerprint density at radius 2 is 2.11 bits per heavy atom. The molecule has 2 aromatic carbocycles. The van der Waals surface area contributed by atoms with Crippen molar-refractivity contribution in [2.24, 2.45) is 0 Å². The van der Waals surface area contributed by atoms with E-state index in [1.165, 1.54) is 0 Å². The molecule has 0 bridgehead atoms. The van der Waals surface area contributed by atoms with E-state index in [1.54, 1.807) is 35.2 Å². The van der Waals surface area contributed by atoms with Gasteiger partial charge in [-0.05, 0) is 49.7 Å². The second-order valence-corrected chi connectivity index (χ2v) is 7.59. The normalized spacial score (nSPS) is 15.5. The number of nitrogens with zero attached hydrogens (tertiary/aromatic N) is 2. The lowest BCUT2D eigenvalue weighted by molar-refractivity contribution is -0.140. The van der Waals surface area contributed by atoms with Crippen LogP contribution in [0.25, 0.3) is 10.9 Å². The predicted molar refractivity (Wildman–Crippen MR) is 108 cm³/mol. The van der Waals surface area contributed by atoms with Crippen molar-refractivity contribution in [1.29, 1.82) is 0 Å². The fraction of sp³-hybridized carbons (Fsp3) is 0.286. The molecule has 0 unspecified atom stereocenters. The third-order valence-electron chi connectivity index (χ3n) is 4.86. The van der Waals surface area contributed by atoms with Gasteiger partial charge in [0.25, 0.3) is 11.5 Å². The lowest BCUT2D eigenvalue weighted by atomic mass is 10.1. The molecule has 1 amide bonds. The highest BCUT2D eigenvalue weighted by atomic mass is 35.5. The lowest BCUT2D eigenvalue weighted by Gasteiger charge is -2.28. The van der Waals surface area contributed by atoms with Gasteiger partial charge in [0.05, 0.1) is 17.4 Å². The van der Waals surface area contributed by atoms with Crippen molar-refractivity contribution in [3.63, 3.8) is 0 Å². The molecule has 0 fully saturated rings. The highest BCUT2D eigenvalue weighted by molar-refractivity contribution is 6.30. The van der Waals surface area contributed by atoms with Gasteiger partial charge in [0.15, 0.2) is 6.10 Å². The van der Waals surface area contributed by atoms with Gasteiger partial charge >= 0.3 is 0 Å². The molecular formula is C21H20ClN3O3. The van der Waals surface area contributed by atoms with E-state index in [0.717, 1.165) is 5.56 Å². The van der Waals surface area contributed by atoms with Crippen molar-refractivity contribution in [2.75, 3.05) is 0 Å². The maximum Gasteiger partial charge on any atom is 0.264 e. The minimum Gasteiger partial charge on any atom is -0.480 e. The number of hydrogen-bond acceptors (Lipinski definition) is 4. The van der Waals surface area contributed by atoms with Crippen molar-refractivity contribution in [3.8, 4) is 5.75 Å². The fourth-order valence-electron chi connectivity index (χ4n) is 3.43. The van der Waals surface area contributed by atoms with E-state index in [9.17, 15) is 9.59 Å². The fourth-order valence-corrected chi connectivity index (χ4v) is 3.62. The molecule has 1 aromatic heterocycles. The van der Waals surface area contributed by atoms with E-state index in [2.05, 4.69) is 9.97 Å². The summed E-state index contributed by atoms with van der Waals surface area (Å²) in [6, 6.07) is 12.4. The summed E-state index contributed by atoms with van der Waals surface area (Å²) >= 11 is 6.04. The number of fused-ring (bicyclic) bond motifs is 2. The third-order valence-corrected chi connectivity index (χ3v) is 5.10. The molecule has 2 heterocycles. The van der Waals surface area contributed by atoms with Crippen molar-refractivity contribution in [2.45, 2.75) is 39.0 Å². The van der Waals surface area contributed by atoms with Gasteiger partial charge in [-0.25, -0.2) is 4.98 Å². The van der Waals surface area contributed by atoms with Crippen LogP contribution in [0, 0.1) is 0 Å². The molecule has 1 aliphatic rings. The Bertz CT molecular complexity index is 1110. The van der Waals surface area contributed by atoms with Crippen molar-refractivity contribution >= 4 is 28.4 Å². The Labute approximate surface area is 167 Å². The highest BCUT2D eigenvalue weighted by Gasteiger charge is 2.34. The average Bonchev–Trinajstić information content (AvgIpc) is 3.08. The summed E-state index contributed by atoms with van der Waals surface area (Å²) in [4.78, 5) is 34.4. The van der Waals surface area contributed by atoms with E-state index in [1.807, 2.05) is 26.0 Å². The number of ether oxygens (including phenoxy) is 1. The maximum absolute atomic E-state index is 13.1. The number of aromatic amines is 1. The number of carbonyl (C=O) groups is 1. The number of para-hydroxylation sites is 1. The largest absolute Gasteiger partial charge is 0.480 e. The Balaban J connectivity index is 1.58. The number of aromatic nitrogens is 2. The molecule has 144 valence electrons. The van der Waals surface area contributed by atoms with E-state index in [0.29, 0.717) is 33.9 Å². The summed E-state index contributed by atoms with van der Waals surface area (Å²) in [7, 11) is 0. The van der Waals surface area contributed by atoms with Crippen LogP contribution < -0.4 is 10.3 Å². The molecule has 0 saturated carbocycles. The Kier molecular flexibility index (Phi) is 4.81. The molecule has 0 saturated heterocycles. The highest BCUT2D eigenvalue weighted by Crippen LogP contribution is 2.32. The lowest BCUT2D eigenvalue weighted by Crippen LogP contribution is -2.45. The first-order valence-corrected chi connectivity index (χ1v) is 9.53. The summed E-state index contributed by atoms with van der Waals surface area (Å²) in [6.07, 6.45) is -0.136. The molecule has 3 aromatic rings. The number of benzene rings is 2. The first kappa shape index (κ1) is 18.5. The smallest absolute Gasteiger partial charge is 0.264 e. The third kappa shape index (κ3) is 3.47. The molecule has 28 heavy (non-hydrogen) atoms. The van der Waals surface area contributed by atoms with Crippen LogP contribution in [0.15, 0.2) is 47.3 Å². The van der Waals surface area contributed by atoms with Crippen molar-refractivity contribution < 1.29 is 9.53 Å². The van der Waals surface area contributed by atoms with E-state index in [-0.39, 0.29) is 24.1 Å². The molecule has 1 atom stereocenters. The first-order valence-electron chi connectivity index (χ1n) is 9.16. The molecule has 1 N–H and O–H groups in total. The van der Waals surface area contributed by atoms with Gasteiger partial charge in [0, 0.05) is 17.5 Å². The topological polar surface area (TPSA) is 75.3 Å². The van der Waals surface area contributed by atoms with E-state index in [4.69, 9.17) is 16.3 Å². The van der Waals surface area contributed by atoms with Crippen molar-refractivity contribution in [1.82, 2.24) is 14.9 Å². The van der Waals surface area contributed by atoms with Crippen LogP contribution in [-0.4, -0.2) is 32.9 Å². The Morgan fingerprint density at radius 3 is 2.89 bits per heavy atom. The number of nitrogens with one attached hydrogen (secondary N) is 1. The number of halogens is 1. The number of carbonyl (C=O) groups excluding carboxylic acids is 1. The second-order valence-electron chi connectivity index (χ2n) is 7.15. The second kappa shape index (κ2) is 7.28. The maximum atomic E-state index is 13.1. The molecule has 6 nitrogen and oxygen atoms in total. The van der Waals surface area contributed by atoms with E-state index < -0.39 is 6.10 Å². The number of hydrogen-bond donors (Lipinski definition) is 1. The van der Waals surface area contributed by atoms with Gasteiger partial charge in [-0.15, -0.1) is 0 Å². The number of H-pyrrole nitrogens is 1. The number of rotatable bonds is 4. The molecule has 4 rings (SSSR count). The summed E-state index contributed by atoms with van der Waals surface area (Å²) in [6.45, 7) is 4.06. The van der Waals surface area contributed by atoms with Gasteiger partial charge in [-0.3, -0.25) is 9.59 Å². The summed E-state index contributed by atoms with van der Waals surface area (Å²) in [5.41, 5.74) is 1.32. The van der Waals surface area contributed by atoms with Crippen LogP contribution in [-0.2, 0) is 17.8 Å². The molecule has 7 heteroatoms. The molecule has 0 spiro atoms. The summed E-state index contributed by atoms with van der Waals surface area (Å²) < 4.78 is 5.84. The van der Waals surface area contributed by atoms with Crippen LogP contribution in [0.4, 0.5) is 0 Å². The quantitative estimate of drug-likeness (QED) is 0.732. The zero-order chi connectivity index (χ0) is 19.8. The van der Waals surface area contributed by atoms with Gasteiger partial charge in [0.2, 0.25) is 0 Å². The standard InChI is InChI=1S/C21H20ClN3O3/c1-12(2)25(11-19-23-16-6-4-3-5-15(16)20(26)24-19)21(27)18-10-13-9-14(22)7-8-17(13)28-18/h3-9,12,18H,10-11H2,1-2H3,(H,23,24,26)/t18-/m0/s1. The van der Waals surface area contributed by atoms with E-state index >= 15 is 0 Å². The van der Waals surface area contributed by atoms with Gasteiger partial charge < -0.3 is 14.6 Å². The van der Waals surface area contributed by atoms with Gasteiger partial charge in [0.1, 0.15) is 11.6 Å². The predicted octanol–water partition coefficient (Wildman–Crippen LogP) is 3.32. The summed E-state index contributed by atoms with van der Waals surface area (Å²) in [5.74, 6) is 0.992. The SMILES string of the molecule is CC(C)N(Cc1nc2ccccc2c(=O)[nH]1)C(=O)[C@@H]1Cc2cc(Cl)ccc2O1. The Hall–Kier alpha value is -2.86. The zero-order valence-electron chi connectivity index (χ0n) is 15.6. The minimum absolute atomic E-state index is 0.0832. The minimum atomic E-state index is -0.608. The van der Waals surface area contributed by atoms with Crippen LogP contribution in [0.3, 0.4) is 0 Å². The summed E-state index contributed by atoms with van der Waals surface area (Å²) in [5, 5.41) is 1.15. The van der Waals surface area contributed by atoms with Crippen LogP contribution in [0.1, 0.15) is 25.2 Å². The molecule has 0 aliphatic carbocycles. The number of amides is 1. The molecule has 0 radical (unpaired) electrons. The van der Waals surface area contributed by atoms with Crippen molar-refractivity contribution in [3.05, 3.63) is 69.2 Å².